The normalized spacial score (nSPS) is 16.3. The van der Waals surface area contributed by atoms with Crippen molar-refractivity contribution in [3.63, 3.8) is 0 Å². The molecule has 19 heavy (non-hydrogen) atoms. The molecular formula is C11H11F6NO. The molecule has 108 valence electrons. The molecule has 3 N–H and O–H groups in total. The molecule has 0 aliphatic carbocycles. The van der Waals surface area contributed by atoms with E-state index < -0.39 is 41.2 Å². The number of rotatable bonds is 2. The molecule has 0 radical (unpaired) electrons. The second-order valence-electron chi connectivity index (χ2n) is 4.14. The van der Waals surface area contributed by atoms with Gasteiger partial charge in [0.2, 0.25) is 0 Å². The van der Waals surface area contributed by atoms with Gasteiger partial charge in [0.1, 0.15) is 0 Å². The maximum atomic E-state index is 12.5. The third kappa shape index (κ3) is 3.84. The summed E-state index contributed by atoms with van der Waals surface area (Å²) < 4.78 is 75.1. The van der Waals surface area contributed by atoms with Crippen molar-refractivity contribution in [2.75, 3.05) is 0 Å². The summed E-state index contributed by atoms with van der Waals surface area (Å²) in [4.78, 5) is 0. The summed E-state index contributed by atoms with van der Waals surface area (Å²) in [6.45, 7) is 1.28. The Morgan fingerprint density at radius 1 is 0.947 bits per heavy atom. The number of hydrogen-bond acceptors (Lipinski definition) is 2. The van der Waals surface area contributed by atoms with E-state index in [1.165, 1.54) is 6.92 Å². The van der Waals surface area contributed by atoms with Crippen molar-refractivity contribution in [2.45, 2.75) is 31.4 Å². The van der Waals surface area contributed by atoms with Gasteiger partial charge in [0.05, 0.1) is 17.2 Å². The van der Waals surface area contributed by atoms with E-state index in [0.717, 1.165) is 0 Å². The minimum atomic E-state index is -4.94. The van der Waals surface area contributed by atoms with Gasteiger partial charge in [0.15, 0.2) is 0 Å². The molecule has 0 saturated heterocycles. The molecule has 0 aliphatic heterocycles. The topological polar surface area (TPSA) is 46.2 Å². The third-order valence-corrected chi connectivity index (χ3v) is 2.45. The largest absolute Gasteiger partial charge is 0.416 e. The number of benzene rings is 1. The zero-order valence-corrected chi connectivity index (χ0v) is 9.68. The second-order valence-corrected chi connectivity index (χ2v) is 4.14. The van der Waals surface area contributed by atoms with Crippen molar-refractivity contribution in [2.24, 2.45) is 5.73 Å². The van der Waals surface area contributed by atoms with Gasteiger partial charge in [0, 0.05) is 6.04 Å². The van der Waals surface area contributed by atoms with E-state index in [0.29, 0.717) is 12.1 Å². The Balaban J connectivity index is 3.41. The molecule has 0 heterocycles. The summed E-state index contributed by atoms with van der Waals surface area (Å²) in [5, 5.41) is 9.52. The first-order valence-electron chi connectivity index (χ1n) is 5.16. The highest BCUT2D eigenvalue weighted by Crippen LogP contribution is 2.37. The van der Waals surface area contributed by atoms with Crippen molar-refractivity contribution in [3.8, 4) is 0 Å². The number of alkyl halides is 6. The Labute approximate surface area is 104 Å². The van der Waals surface area contributed by atoms with Gasteiger partial charge >= 0.3 is 12.4 Å². The first kappa shape index (κ1) is 15.8. The van der Waals surface area contributed by atoms with Gasteiger partial charge in [-0.2, -0.15) is 26.3 Å². The van der Waals surface area contributed by atoms with E-state index in [-0.39, 0.29) is 6.07 Å². The maximum absolute atomic E-state index is 12.5. The van der Waals surface area contributed by atoms with Crippen LogP contribution in [0.4, 0.5) is 26.3 Å². The lowest BCUT2D eigenvalue weighted by molar-refractivity contribution is -0.143. The van der Waals surface area contributed by atoms with Crippen LogP contribution in [-0.4, -0.2) is 11.1 Å². The molecule has 0 aliphatic rings. The first-order valence-corrected chi connectivity index (χ1v) is 5.16. The van der Waals surface area contributed by atoms with Gasteiger partial charge < -0.3 is 10.8 Å². The highest BCUT2D eigenvalue weighted by Gasteiger charge is 2.37. The Morgan fingerprint density at radius 2 is 1.32 bits per heavy atom. The summed E-state index contributed by atoms with van der Waals surface area (Å²) in [5.74, 6) is 0. The average molecular weight is 287 g/mol. The molecule has 0 amide bonds. The van der Waals surface area contributed by atoms with Crippen molar-refractivity contribution in [3.05, 3.63) is 34.9 Å². The Kier molecular flexibility index (Phi) is 4.16. The van der Waals surface area contributed by atoms with Crippen LogP contribution in [0.25, 0.3) is 0 Å². The third-order valence-electron chi connectivity index (χ3n) is 2.45. The van der Waals surface area contributed by atoms with Crippen molar-refractivity contribution in [1.82, 2.24) is 0 Å². The standard InChI is InChI=1S/C11H11F6NO/c1-5(18)9(19)6-2-7(10(12,13)14)4-8(3-6)11(15,16)17/h2-5,9,19H,18H2,1H3/t5-,9+/m1/s1. The lowest BCUT2D eigenvalue weighted by Gasteiger charge is -2.19. The Morgan fingerprint density at radius 3 is 1.58 bits per heavy atom. The minimum absolute atomic E-state index is 0.00258. The van der Waals surface area contributed by atoms with E-state index in [1.54, 1.807) is 0 Å². The summed E-state index contributed by atoms with van der Waals surface area (Å²) in [6, 6.07) is -0.0752. The van der Waals surface area contributed by atoms with E-state index in [4.69, 9.17) is 5.73 Å². The zero-order valence-electron chi connectivity index (χ0n) is 9.68. The van der Waals surface area contributed by atoms with Crippen LogP contribution < -0.4 is 5.73 Å². The van der Waals surface area contributed by atoms with Crippen LogP contribution in [-0.2, 0) is 12.4 Å². The summed E-state index contributed by atoms with van der Waals surface area (Å²) in [6.07, 6.45) is -11.5. The molecule has 0 saturated carbocycles. The Bertz CT molecular complexity index is 419. The number of halogens is 6. The van der Waals surface area contributed by atoms with Crippen LogP contribution in [0.2, 0.25) is 0 Å². The minimum Gasteiger partial charge on any atom is -0.387 e. The number of hydrogen-bond donors (Lipinski definition) is 2. The van der Waals surface area contributed by atoms with Gasteiger partial charge in [-0.05, 0) is 30.7 Å². The summed E-state index contributed by atoms with van der Waals surface area (Å²) in [5.41, 5.74) is 1.81. The fourth-order valence-corrected chi connectivity index (χ4v) is 1.45. The molecule has 0 spiro atoms. The number of aliphatic hydroxyl groups is 1. The smallest absolute Gasteiger partial charge is 0.387 e. The lowest BCUT2D eigenvalue weighted by Crippen LogP contribution is -2.25. The molecular weight excluding hydrogens is 276 g/mol. The van der Waals surface area contributed by atoms with Gasteiger partial charge in [-0.1, -0.05) is 0 Å². The zero-order chi connectivity index (χ0) is 15.0. The monoisotopic (exact) mass is 287 g/mol. The number of aliphatic hydroxyl groups excluding tert-OH is 1. The predicted molar refractivity (Wildman–Crippen MR) is 55.1 cm³/mol. The molecule has 0 bridgehead atoms. The summed E-state index contributed by atoms with van der Waals surface area (Å²) in [7, 11) is 0. The fraction of sp³-hybridized carbons (Fsp3) is 0.455. The molecule has 1 rings (SSSR count). The van der Waals surface area contributed by atoms with Crippen LogP contribution >= 0.6 is 0 Å². The van der Waals surface area contributed by atoms with Crippen LogP contribution in [0.5, 0.6) is 0 Å². The SMILES string of the molecule is C[C@@H](N)[C@H](O)c1cc(C(F)(F)F)cc(C(F)(F)F)c1. The molecule has 0 aromatic heterocycles. The molecule has 2 atom stereocenters. The molecule has 0 unspecified atom stereocenters. The van der Waals surface area contributed by atoms with Gasteiger partial charge in [-0.15, -0.1) is 0 Å². The van der Waals surface area contributed by atoms with E-state index >= 15 is 0 Å². The number of nitrogens with two attached hydrogens (primary N) is 1. The van der Waals surface area contributed by atoms with Gasteiger partial charge in [-0.25, -0.2) is 0 Å². The van der Waals surface area contributed by atoms with Gasteiger partial charge in [-0.3, -0.25) is 0 Å². The lowest BCUT2D eigenvalue weighted by atomic mass is 9.98. The predicted octanol–water partition coefficient (Wildman–Crippen LogP) is 3.10. The van der Waals surface area contributed by atoms with E-state index in [1.807, 2.05) is 0 Å². The quantitative estimate of drug-likeness (QED) is 0.821. The molecule has 2 nitrogen and oxygen atoms in total. The van der Waals surface area contributed by atoms with Crippen molar-refractivity contribution >= 4 is 0 Å². The first-order chi connectivity index (χ1) is 8.43. The Hall–Kier alpha value is -1.28. The van der Waals surface area contributed by atoms with Crippen LogP contribution in [0.3, 0.4) is 0 Å². The fourth-order valence-electron chi connectivity index (χ4n) is 1.45. The second kappa shape index (κ2) is 5.01. The van der Waals surface area contributed by atoms with Crippen molar-refractivity contribution in [1.29, 1.82) is 0 Å². The molecule has 1 aromatic rings. The van der Waals surface area contributed by atoms with E-state index in [2.05, 4.69) is 0 Å². The highest BCUT2D eigenvalue weighted by atomic mass is 19.4. The van der Waals surface area contributed by atoms with E-state index in [9.17, 15) is 31.4 Å². The summed E-state index contributed by atoms with van der Waals surface area (Å²) >= 11 is 0. The van der Waals surface area contributed by atoms with Crippen LogP contribution in [0.1, 0.15) is 29.7 Å². The van der Waals surface area contributed by atoms with Crippen LogP contribution in [0.15, 0.2) is 18.2 Å². The van der Waals surface area contributed by atoms with Gasteiger partial charge in [0.25, 0.3) is 0 Å². The van der Waals surface area contributed by atoms with Crippen molar-refractivity contribution < 1.29 is 31.4 Å². The maximum Gasteiger partial charge on any atom is 0.416 e. The van der Waals surface area contributed by atoms with Crippen LogP contribution in [0, 0.1) is 0 Å². The highest BCUT2D eigenvalue weighted by molar-refractivity contribution is 5.35. The molecule has 8 heteroatoms. The average Bonchev–Trinajstić information content (AvgIpc) is 2.24. The molecule has 0 fully saturated rings. The molecule has 1 aromatic carbocycles.